The number of aromatic carboxylic acids is 1. The van der Waals surface area contributed by atoms with Crippen LogP contribution in [0.25, 0.3) is 0 Å². The summed E-state index contributed by atoms with van der Waals surface area (Å²) in [5, 5.41) is 8.69. The zero-order chi connectivity index (χ0) is 13.1. The Balaban J connectivity index is 2.24. The highest BCUT2D eigenvalue weighted by molar-refractivity contribution is 6.30. The van der Waals surface area contributed by atoms with E-state index >= 15 is 0 Å². The maximum Gasteiger partial charge on any atom is 0.335 e. The molecule has 92 valence electrons. The third kappa shape index (κ3) is 2.60. The van der Waals surface area contributed by atoms with Gasteiger partial charge in [0, 0.05) is 0 Å². The molecule has 0 aromatic heterocycles. The summed E-state index contributed by atoms with van der Waals surface area (Å²) >= 11 is 5.61. The van der Waals surface area contributed by atoms with Crippen LogP contribution in [0.3, 0.4) is 0 Å². The van der Waals surface area contributed by atoms with Crippen LogP contribution in [0.2, 0.25) is 5.02 Å². The van der Waals surface area contributed by atoms with Crippen molar-refractivity contribution < 1.29 is 19.0 Å². The molecule has 0 atom stereocenters. The van der Waals surface area contributed by atoms with Crippen LogP contribution in [-0.2, 0) is 0 Å². The minimum atomic E-state index is -1.03. The standard InChI is InChI=1S/C13H8ClFO3/c14-10-2-1-3-11(12(10)15)18-9-6-4-8(5-7-9)13(16)17/h1-7H,(H,16,17). The van der Waals surface area contributed by atoms with E-state index in [9.17, 15) is 9.18 Å². The Kier molecular flexibility index (Phi) is 3.48. The van der Waals surface area contributed by atoms with Crippen molar-refractivity contribution in [3.05, 3.63) is 58.9 Å². The summed E-state index contributed by atoms with van der Waals surface area (Å²) in [5.41, 5.74) is 0.133. The predicted octanol–water partition coefficient (Wildman–Crippen LogP) is 3.97. The first-order valence-electron chi connectivity index (χ1n) is 5.03. The molecule has 0 saturated carbocycles. The van der Waals surface area contributed by atoms with Gasteiger partial charge in [-0.3, -0.25) is 0 Å². The second-order valence-corrected chi connectivity index (χ2v) is 3.89. The van der Waals surface area contributed by atoms with Crippen LogP contribution < -0.4 is 4.74 Å². The summed E-state index contributed by atoms with van der Waals surface area (Å²) in [7, 11) is 0. The fraction of sp³-hybridized carbons (Fsp3) is 0. The zero-order valence-electron chi connectivity index (χ0n) is 9.06. The van der Waals surface area contributed by atoms with Gasteiger partial charge in [-0.1, -0.05) is 17.7 Å². The van der Waals surface area contributed by atoms with Crippen LogP contribution in [0.15, 0.2) is 42.5 Å². The highest BCUT2D eigenvalue weighted by Crippen LogP contribution is 2.28. The molecule has 2 aromatic rings. The van der Waals surface area contributed by atoms with E-state index in [0.717, 1.165) is 0 Å². The number of hydrogen-bond acceptors (Lipinski definition) is 2. The molecule has 0 aliphatic carbocycles. The molecular formula is C13H8ClFO3. The van der Waals surface area contributed by atoms with Crippen molar-refractivity contribution in [1.29, 1.82) is 0 Å². The van der Waals surface area contributed by atoms with Crippen molar-refractivity contribution in [2.24, 2.45) is 0 Å². The van der Waals surface area contributed by atoms with E-state index in [1.807, 2.05) is 0 Å². The summed E-state index contributed by atoms with van der Waals surface area (Å²) < 4.78 is 18.8. The predicted molar refractivity (Wildman–Crippen MR) is 64.9 cm³/mol. The third-order valence-corrected chi connectivity index (χ3v) is 2.54. The van der Waals surface area contributed by atoms with E-state index < -0.39 is 11.8 Å². The van der Waals surface area contributed by atoms with Crippen molar-refractivity contribution in [2.75, 3.05) is 0 Å². The minimum absolute atomic E-state index is 0.00873. The van der Waals surface area contributed by atoms with Gasteiger partial charge in [-0.25, -0.2) is 9.18 Å². The van der Waals surface area contributed by atoms with Crippen molar-refractivity contribution in [3.8, 4) is 11.5 Å². The summed E-state index contributed by atoms with van der Waals surface area (Å²) in [6.07, 6.45) is 0. The summed E-state index contributed by atoms with van der Waals surface area (Å²) in [6.45, 7) is 0. The van der Waals surface area contributed by atoms with E-state index in [4.69, 9.17) is 21.4 Å². The number of carboxylic acids is 1. The number of halogens is 2. The Morgan fingerprint density at radius 1 is 1.17 bits per heavy atom. The second kappa shape index (κ2) is 5.06. The molecule has 2 aromatic carbocycles. The minimum Gasteiger partial charge on any atom is -0.478 e. The molecule has 2 rings (SSSR count). The lowest BCUT2D eigenvalue weighted by Gasteiger charge is -2.07. The Morgan fingerprint density at radius 3 is 2.44 bits per heavy atom. The van der Waals surface area contributed by atoms with E-state index in [0.29, 0.717) is 5.75 Å². The molecule has 0 radical (unpaired) electrons. The maximum atomic E-state index is 13.5. The molecule has 0 unspecified atom stereocenters. The third-order valence-electron chi connectivity index (χ3n) is 2.25. The quantitative estimate of drug-likeness (QED) is 0.914. The van der Waals surface area contributed by atoms with Crippen LogP contribution in [0.1, 0.15) is 10.4 Å². The molecule has 18 heavy (non-hydrogen) atoms. The molecule has 0 aliphatic heterocycles. The van der Waals surface area contributed by atoms with Crippen LogP contribution in [0.5, 0.6) is 11.5 Å². The number of ether oxygens (including phenoxy) is 1. The molecule has 0 amide bonds. The van der Waals surface area contributed by atoms with Crippen molar-refractivity contribution in [3.63, 3.8) is 0 Å². The number of carboxylic acid groups (broad SMARTS) is 1. The van der Waals surface area contributed by atoms with Gasteiger partial charge >= 0.3 is 5.97 Å². The molecule has 3 nitrogen and oxygen atoms in total. The lowest BCUT2D eigenvalue weighted by atomic mass is 10.2. The largest absolute Gasteiger partial charge is 0.478 e. The molecule has 0 spiro atoms. The van der Waals surface area contributed by atoms with Gasteiger partial charge in [-0.2, -0.15) is 0 Å². The van der Waals surface area contributed by atoms with Gasteiger partial charge in [0.2, 0.25) is 0 Å². The fourth-order valence-electron chi connectivity index (χ4n) is 1.36. The Morgan fingerprint density at radius 2 is 1.83 bits per heavy atom. The fourth-order valence-corrected chi connectivity index (χ4v) is 1.52. The molecular weight excluding hydrogens is 259 g/mol. The van der Waals surface area contributed by atoms with E-state index in [1.165, 1.54) is 36.4 Å². The van der Waals surface area contributed by atoms with E-state index in [2.05, 4.69) is 0 Å². The summed E-state index contributed by atoms with van der Waals surface area (Å²) in [6, 6.07) is 10.1. The van der Waals surface area contributed by atoms with Gasteiger partial charge in [-0.15, -0.1) is 0 Å². The summed E-state index contributed by atoms with van der Waals surface area (Å²) in [4.78, 5) is 10.7. The molecule has 5 heteroatoms. The van der Waals surface area contributed by atoms with Crippen LogP contribution >= 0.6 is 11.6 Å². The average Bonchev–Trinajstić information content (AvgIpc) is 2.36. The van der Waals surface area contributed by atoms with Crippen molar-refractivity contribution in [1.82, 2.24) is 0 Å². The highest BCUT2D eigenvalue weighted by Gasteiger charge is 2.09. The number of benzene rings is 2. The van der Waals surface area contributed by atoms with Crippen molar-refractivity contribution >= 4 is 17.6 Å². The first-order valence-corrected chi connectivity index (χ1v) is 5.41. The Labute approximate surface area is 107 Å². The Bertz CT molecular complexity index is 581. The van der Waals surface area contributed by atoms with Crippen LogP contribution in [-0.4, -0.2) is 11.1 Å². The van der Waals surface area contributed by atoms with Gasteiger partial charge in [0.05, 0.1) is 10.6 Å². The highest BCUT2D eigenvalue weighted by atomic mass is 35.5. The smallest absolute Gasteiger partial charge is 0.335 e. The first-order chi connectivity index (χ1) is 8.58. The zero-order valence-corrected chi connectivity index (χ0v) is 9.82. The monoisotopic (exact) mass is 266 g/mol. The molecule has 0 bridgehead atoms. The van der Waals surface area contributed by atoms with Gasteiger partial charge in [-0.05, 0) is 36.4 Å². The summed E-state index contributed by atoms with van der Waals surface area (Å²) in [5.74, 6) is -1.36. The van der Waals surface area contributed by atoms with Gasteiger partial charge in [0.1, 0.15) is 5.75 Å². The lowest BCUT2D eigenvalue weighted by molar-refractivity contribution is 0.0697. The molecule has 0 saturated heterocycles. The van der Waals surface area contributed by atoms with E-state index in [-0.39, 0.29) is 16.3 Å². The SMILES string of the molecule is O=C(O)c1ccc(Oc2cccc(Cl)c2F)cc1. The number of hydrogen-bond donors (Lipinski definition) is 1. The Hall–Kier alpha value is -2.07. The molecule has 1 N–H and O–H groups in total. The van der Waals surface area contributed by atoms with Gasteiger partial charge < -0.3 is 9.84 Å². The van der Waals surface area contributed by atoms with Crippen LogP contribution in [0, 0.1) is 5.82 Å². The second-order valence-electron chi connectivity index (χ2n) is 3.48. The van der Waals surface area contributed by atoms with Gasteiger partial charge in [0.15, 0.2) is 11.6 Å². The lowest BCUT2D eigenvalue weighted by Crippen LogP contribution is -1.95. The number of rotatable bonds is 3. The number of carbonyl (C=O) groups is 1. The van der Waals surface area contributed by atoms with Gasteiger partial charge in [0.25, 0.3) is 0 Å². The normalized spacial score (nSPS) is 10.1. The average molecular weight is 267 g/mol. The van der Waals surface area contributed by atoms with E-state index in [1.54, 1.807) is 6.07 Å². The molecule has 0 heterocycles. The topological polar surface area (TPSA) is 46.5 Å². The maximum absolute atomic E-state index is 13.5. The first kappa shape index (κ1) is 12.4. The molecule has 0 aliphatic rings. The molecule has 0 fully saturated rings. The van der Waals surface area contributed by atoms with Crippen LogP contribution in [0.4, 0.5) is 4.39 Å². The van der Waals surface area contributed by atoms with Crippen molar-refractivity contribution in [2.45, 2.75) is 0 Å².